The number of carbonyl (C=O) groups is 2. The number of nitrogens with zero attached hydrogens (tertiary/aromatic N) is 1. The lowest BCUT2D eigenvalue weighted by molar-refractivity contribution is -0.119. The van der Waals surface area contributed by atoms with Gasteiger partial charge in [-0.1, -0.05) is 29.8 Å². The maximum atomic E-state index is 13.7. The molecule has 1 aliphatic heterocycles. The van der Waals surface area contributed by atoms with Crippen LogP contribution < -0.4 is 25.5 Å². The van der Waals surface area contributed by atoms with E-state index < -0.39 is 17.9 Å². The minimum absolute atomic E-state index is 0.00762. The van der Waals surface area contributed by atoms with Crippen molar-refractivity contribution in [2.24, 2.45) is 5.73 Å². The number of primary amides is 1. The molecule has 0 saturated carbocycles. The number of benzene rings is 3. The SMILES string of the molecule is COc1cccc(N2C(=O)c3oc4ccc(C)cc4c(=O)c3C2c2ccc(OCC(N)=O)cc2)c1. The number of fused-ring (bicyclic) bond motifs is 2. The number of anilines is 1. The number of aryl methyl sites for hydroxylation is 1. The summed E-state index contributed by atoms with van der Waals surface area (Å²) in [5.74, 6) is -0.0000373. The van der Waals surface area contributed by atoms with Gasteiger partial charge in [-0.2, -0.15) is 0 Å². The lowest BCUT2D eigenvalue weighted by Crippen LogP contribution is -2.29. The summed E-state index contributed by atoms with van der Waals surface area (Å²) in [5, 5.41) is 0.412. The fourth-order valence-electron chi connectivity index (χ4n) is 4.33. The molecule has 2 amide bonds. The van der Waals surface area contributed by atoms with Crippen LogP contribution in [0.5, 0.6) is 11.5 Å². The van der Waals surface area contributed by atoms with Gasteiger partial charge in [-0.25, -0.2) is 0 Å². The Morgan fingerprint density at radius 2 is 1.80 bits per heavy atom. The van der Waals surface area contributed by atoms with Crippen molar-refractivity contribution in [1.82, 2.24) is 0 Å². The van der Waals surface area contributed by atoms with Gasteiger partial charge in [0.2, 0.25) is 5.76 Å². The highest BCUT2D eigenvalue weighted by Crippen LogP contribution is 2.42. The first kappa shape index (κ1) is 22.2. The lowest BCUT2D eigenvalue weighted by Gasteiger charge is -2.25. The van der Waals surface area contributed by atoms with Crippen LogP contribution in [0, 0.1) is 6.92 Å². The van der Waals surface area contributed by atoms with Gasteiger partial charge in [-0.05, 0) is 48.9 Å². The maximum Gasteiger partial charge on any atom is 0.295 e. The predicted molar refractivity (Wildman–Crippen MR) is 130 cm³/mol. The molecule has 1 aliphatic rings. The quantitative estimate of drug-likeness (QED) is 0.460. The van der Waals surface area contributed by atoms with Crippen molar-refractivity contribution in [1.29, 1.82) is 0 Å². The molecule has 0 spiro atoms. The van der Waals surface area contributed by atoms with E-state index in [-0.39, 0.29) is 23.4 Å². The van der Waals surface area contributed by atoms with Gasteiger partial charge in [0.1, 0.15) is 17.1 Å². The molecular weight excluding hydrogens is 448 g/mol. The van der Waals surface area contributed by atoms with Crippen LogP contribution in [0.15, 0.2) is 75.9 Å². The van der Waals surface area contributed by atoms with Gasteiger partial charge in [-0.15, -0.1) is 0 Å². The van der Waals surface area contributed by atoms with Gasteiger partial charge in [-0.3, -0.25) is 19.3 Å². The Morgan fingerprint density at radius 1 is 1.03 bits per heavy atom. The van der Waals surface area contributed by atoms with E-state index in [0.717, 1.165) is 5.56 Å². The first-order valence-electron chi connectivity index (χ1n) is 10.9. The Balaban J connectivity index is 1.70. The average Bonchev–Trinajstić information content (AvgIpc) is 3.16. The largest absolute Gasteiger partial charge is 0.497 e. The van der Waals surface area contributed by atoms with E-state index in [1.807, 2.05) is 13.0 Å². The van der Waals surface area contributed by atoms with Crippen LogP contribution >= 0.6 is 0 Å². The molecule has 1 aromatic heterocycles. The zero-order chi connectivity index (χ0) is 24.7. The smallest absolute Gasteiger partial charge is 0.295 e. The highest BCUT2D eigenvalue weighted by molar-refractivity contribution is 6.10. The molecule has 4 aromatic rings. The average molecular weight is 470 g/mol. The Kier molecular flexibility index (Phi) is 5.49. The van der Waals surface area contributed by atoms with E-state index in [4.69, 9.17) is 19.6 Å². The van der Waals surface area contributed by atoms with E-state index in [2.05, 4.69) is 0 Å². The van der Waals surface area contributed by atoms with Crippen LogP contribution in [-0.4, -0.2) is 25.5 Å². The van der Waals surface area contributed by atoms with Crippen molar-refractivity contribution in [2.45, 2.75) is 13.0 Å². The normalized spacial score (nSPS) is 14.7. The third-order valence-corrected chi connectivity index (χ3v) is 5.93. The maximum absolute atomic E-state index is 13.7. The summed E-state index contributed by atoms with van der Waals surface area (Å²) < 4.78 is 16.7. The van der Waals surface area contributed by atoms with Crippen LogP contribution in [0.3, 0.4) is 0 Å². The first-order chi connectivity index (χ1) is 16.9. The van der Waals surface area contributed by atoms with E-state index >= 15 is 0 Å². The van der Waals surface area contributed by atoms with Crippen LogP contribution in [0.1, 0.15) is 33.3 Å². The zero-order valence-electron chi connectivity index (χ0n) is 19.1. The number of methoxy groups -OCH3 is 1. The van der Waals surface area contributed by atoms with Crippen molar-refractivity contribution in [3.63, 3.8) is 0 Å². The summed E-state index contributed by atoms with van der Waals surface area (Å²) in [6.07, 6.45) is 0. The monoisotopic (exact) mass is 470 g/mol. The molecule has 5 rings (SSSR count). The standard InChI is InChI=1S/C27H22N2O6/c1-15-6-11-21-20(12-15)25(31)23-24(16-7-9-18(10-8-16)34-14-22(28)30)29(27(32)26(23)35-21)17-4-3-5-19(13-17)33-2/h3-13,24H,14H2,1-2H3,(H2,28,30). The van der Waals surface area contributed by atoms with E-state index in [1.165, 1.54) is 4.90 Å². The van der Waals surface area contributed by atoms with Crippen LogP contribution in [0.25, 0.3) is 11.0 Å². The van der Waals surface area contributed by atoms with Crippen LogP contribution in [0.4, 0.5) is 5.69 Å². The lowest BCUT2D eigenvalue weighted by atomic mass is 9.97. The number of hydrogen-bond donors (Lipinski definition) is 1. The number of hydrogen-bond acceptors (Lipinski definition) is 6. The number of rotatable bonds is 6. The molecule has 8 heteroatoms. The molecule has 2 heterocycles. The molecule has 3 aromatic carbocycles. The number of ether oxygens (including phenoxy) is 2. The van der Waals surface area contributed by atoms with Gasteiger partial charge in [0, 0.05) is 11.8 Å². The fraction of sp³-hybridized carbons (Fsp3) is 0.148. The summed E-state index contributed by atoms with van der Waals surface area (Å²) in [6, 6.07) is 18.4. The Bertz CT molecular complexity index is 1520. The second-order valence-electron chi connectivity index (χ2n) is 8.28. The predicted octanol–water partition coefficient (Wildman–Crippen LogP) is 3.72. The third-order valence-electron chi connectivity index (χ3n) is 5.93. The molecule has 0 bridgehead atoms. The van der Waals surface area contributed by atoms with Gasteiger partial charge in [0.05, 0.1) is 24.1 Å². The topological polar surface area (TPSA) is 112 Å². The summed E-state index contributed by atoms with van der Waals surface area (Å²) in [5.41, 5.74) is 7.65. The van der Waals surface area contributed by atoms with Crippen LogP contribution in [0.2, 0.25) is 0 Å². The second-order valence-corrected chi connectivity index (χ2v) is 8.28. The van der Waals surface area contributed by atoms with Gasteiger partial charge < -0.3 is 19.6 Å². The fourth-order valence-corrected chi connectivity index (χ4v) is 4.33. The van der Waals surface area contributed by atoms with Crippen molar-refractivity contribution in [2.75, 3.05) is 18.6 Å². The molecule has 1 unspecified atom stereocenters. The molecule has 176 valence electrons. The van der Waals surface area contributed by atoms with E-state index in [0.29, 0.717) is 33.7 Å². The van der Waals surface area contributed by atoms with Crippen molar-refractivity contribution in [3.05, 3.63) is 99.4 Å². The molecule has 1 atom stereocenters. The summed E-state index contributed by atoms with van der Waals surface area (Å²) >= 11 is 0. The molecule has 2 N–H and O–H groups in total. The summed E-state index contributed by atoms with van der Waals surface area (Å²) in [7, 11) is 1.54. The molecule has 0 radical (unpaired) electrons. The van der Waals surface area contributed by atoms with E-state index in [1.54, 1.807) is 67.8 Å². The minimum atomic E-state index is -0.740. The second kappa shape index (κ2) is 8.64. The zero-order valence-corrected chi connectivity index (χ0v) is 19.1. The van der Waals surface area contributed by atoms with Gasteiger partial charge in [0.25, 0.3) is 11.8 Å². The van der Waals surface area contributed by atoms with Gasteiger partial charge >= 0.3 is 0 Å². The summed E-state index contributed by atoms with van der Waals surface area (Å²) in [4.78, 5) is 39.9. The molecule has 0 aliphatic carbocycles. The molecule has 8 nitrogen and oxygen atoms in total. The van der Waals surface area contributed by atoms with Gasteiger partial charge in [0.15, 0.2) is 12.0 Å². The molecule has 0 fully saturated rings. The number of nitrogens with two attached hydrogens (primary N) is 1. The minimum Gasteiger partial charge on any atom is -0.497 e. The Hall–Kier alpha value is -4.59. The molecule has 0 saturated heterocycles. The third kappa shape index (κ3) is 3.89. The van der Waals surface area contributed by atoms with Crippen molar-refractivity contribution >= 4 is 28.5 Å². The van der Waals surface area contributed by atoms with Crippen LogP contribution in [-0.2, 0) is 4.79 Å². The molecular formula is C27H22N2O6. The Labute approximate surface area is 200 Å². The molecule has 35 heavy (non-hydrogen) atoms. The number of carbonyl (C=O) groups excluding carboxylic acids is 2. The highest BCUT2D eigenvalue weighted by atomic mass is 16.5. The van der Waals surface area contributed by atoms with Crippen molar-refractivity contribution in [3.8, 4) is 11.5 Å². The first-order valence-corrected chi connectivity index (χ1v) is 10.9. The summed E-state index contributed by atoms with van der Waals surface area (Å²) in [6.45, 7) is 1.64. The van der Waals surface area contributed by atoms with E-state index in [9.17, 15) is 14.4 Å². The Morgan fingerprint density at radius 3 is 2.51 bits per heavy atom. The van der Waals surface area contributed by atoms with Crippen molar-refractivity contribution < 1.29 is 23.5 Å². The highest BCUT2D eigenvalue weighted by Gasteiger charge is 2.43. The number of amides is 2.